The highest BCUT2D eigenvalue weighted by atomic mass is 16.2. The SMILES string of the molecule is CCc1nn(C)c(CC)c1CNC(=O)Nc1cc(C2CCC2)nn1C. The summed E-state index contributed by atoms with van der Waals surface area (Å²) in [5.41, 5.74) is 4.43. The number of nitrogens with zero attached hydrogens (tertiary/aromatic N) is 4. The lowest BCUT2D eigenvalue weighted by atomic mass is 9.83. The van der Waals surface area contributed by atoms with E-state index in [1.165, 1.54) is 25.0 Å². The first kappa shape index (κ1) is 17.5. The number of hydrogen-bond acceptors (Lipinski definition) is 3. The quantitative estimate of drug-likeness (QED) is 0.846. The molecule has 2 heterocycles. The van der Waals surface area contributed by atoms with E-state index in [2.05, 4.69) is 34.7 Å². The van der Waals surface area contributed by atoms with Crippen molar-refractivity contribution in [2.45, 2.75) is 58.4 Å². The van der Waals surface area contributed by atoms with Crippen LogP contribution in [0.3, 0.4) is 0 Å². The van der Waals surface area contributed by atoms with E-state index in [4.69, 9.17) is 0 Å². The molecule has 2 amide bonds. The Hall–Kier alpha value is -2.31. The van der Waals surface area contributed by atoms with Crippen LogP contribution in [0.25, 0.3) is 0 Å². The van der Waals surface area contributed by atoms with Gasteiger partial charge in [-0.2, -0.15) is 10.2 Å². The number of urea groups is 1. The van der Waals surface area contributed by atoms with E-state index in [-0.39, 0.29) is 6.03 Å². The molecule has 136 valence electrons. The van der Waals surface area contributed by atoms with Gasteiger partial charge in [0.05, 0.1) is 11.4 Å². The van der Waals surface area contributed by atoms with Crippen LogP contribution >= 0.6 is 0 Å². The van der Waals surface area contributed by atoms with Crippen molar-refractivity contribution in [3.8, 4) is 0 Å². The van der Waals surface area contributed by atoms with Crippen LogP contribution in [0, 0.1) is 0 Å². The summed E-state index contributed by atoms with van der Waals surface area (Å²) in [5, 5.41) is 14.9. The number of amides is 2. The van der Waals surface area contributed by atoms with Crippen molar-refractivity contribution in [2.75, 3.05) is 5.32 Å². The standard InChI is InChI=1S/C18H28N6O/c1-5-14-13(16(6-2)23(3)21-14)11-19-18(25)20-17-10-15(22-24(17)4)12-8-7-9-12/h10,12H,5-9,11H2,1-4H3,(H2,19,20,25). The van der Waals surface area contributed by atoms with Crippen LogP contribution in [0.2, 0.25) is 0 Å². The second-order valence-corrected chi connectivity index (χ2v) is 6.72. The lowest BCUT2D eigenvalue weighted by Crippen LogP contribution is -2.29. The first-order chi connectivity index (χ1) is 12.0. The first-order valence-electron chi connectivity index (χ1n) is 9.15. The maximum atomic E-state index is 12.3. The normalized spacial score (nSPS) is 14.4. The number of aryl methyl sites for hydroxylation is 3. The predicted molar refractivity (Wildman–Crippen MR) is 97.6 cm³/mol. The lowest BCUT2D eigenvalue weighted by molar-refractivity contribution is 0.251. The van der Waals surface area contributed by atoms with Gasteiger partial charge in [-0.1, -0.05) is 20.3 Å². The smallest absolute Gasteiger partial charge is 0.320 e. The fraction of sp³-hybridized carbons (Fsp3) is 0.611. The average molecular weight is 344 g/mol. The number of nitrogens with one attached hydrogen (secondary N) is 2. The molecule has 0 saturated heterocycles. The number of carbonyl (C=O) groups excluding carboxylic acids is 1. The van der Waals surface area contributed by atoms with Crippen LogP contribution < -0.4 is 10.6 Å². The van der Waals surface area contributed by atoms with Crippen molar-refractivity contribution < 1.29 is 4.79 Å². The Balaban J connectivity index is 1.63. The molecule has 0 bridgehead atoms. The number of anilines is 1. The van der Waals surface area contributed by atoms with Gasteiger partial charge < -0.3 is 5.32 Å². The summed E-state index contributed by atoms with van der Waals surface area (Å²) in [6, 6.07) is 1.78. The van der Waals surface area contributed by atoms with E-state index in [1.54, 1.807) is 4.68 Å². The minimum absolute atomic E-state index is 0.212. The highest BCUT2D eigenvalue weighted by Crippen LogP contribution is 2.36. The second kappa shape index (κ2) is 7.29. The summed E-state index contributed by atoms with van der Waals surface area (Å²) in [4.78, 5) is 12.3. The van der Waals surface area contributed by atoms with Crippen molar-refractivity contribution in [1.29, 1.82) is 0 Å². The topological polar surface area (TPSA) is 76.8 Å². The average Bonchev–Trinajstić information content (AvgIpc) is 3.03. The van der Waals surface area contributed by atoms with Crippen LogP contribution in [0.4, 0.5) is 10.6 Å². The molecule has 3 rings (SSSR count). The molecule has 1 aliphatic carbocycles. The minimum atomic E-state index is -0.212. The molecule has 0 aliphatic heterocycles. The van der Waals surface area contributed by atoms with Crippen molar-refractivity contribution in [2.24, 2.45) is 14.1 Å². The molecule has 1 aliphatic rings. The third-order valence-corrected chi connectivity index (χ3v) is 5.12. The summed E-state index contributed by atoms with van der Waals surface area (Å²) < 4.78 is 3.66. The molecule has 2 aromatic rings. The molecule has 0 spiro atoms. The van der Waals surface area contributed by atoms with Crippen LogP contribution in [-0.4, -0.2) is 25.6 Å². The molecule has 0 unspecified atom stereocenters. The third-order valence-electron chi connectivity index (χ3n) is 5.12. The van der Waals surface area contributed by atoms with E-state index < -0.39 is 0 Å². The monoisotopic (exact) mass is 344 g/mol. The zero-order valence-electron chi connectivity index (χ0n) is 15.6. The van der Waals surface area contributed by atoms with Crippen molar-refractivity contribution >= 4 is 11.8 Å². The molecule has 0 atom stereocenters. The Labute approximate surface area is 148 Å². The van der Waals surface area contributed by atoms with Gasteiger partial charge in [0.25, 0.3) is 0 Å². The largest absolute Gasteiger partial charge is 0.334 e. The second-order valence-electron chi connectivity index (χ2n) is 6.72. The molecular formula is C18H28N6O. The molecule has 2 N–H and O–H groups in total. The van der Waals surface area contributed by atoms with Crippen molar-refractivity contribution in [1.82, 2.24) is 24.9 Å². The predicted octanol–water partition coefficient (Wildman–Crippen LogP) is 2.87. The Morgan fingerprint density at radius 1 is 1.20 bits per heavy atom. The summed E-state index contributed by atoms with van der Waals surface area (Å²) >= 11 is 0. The van der Waals surface area contributed by atoms with Gasteiger partial charge in [-0.3, -0.25) is 14.7 Å². The van der Waals surface area contributed by atoms with Crippen LogP contribution in [0.1, 0.15) is 61.7 Å². The van der Waals surface area contributed by atoms with Crippen molar-refractivity contribution in [3.63, 3.8) is 0 Å². The molecule has 0 aromatic carbocycles. The van der Waals surface area contributed by atoms with E-state index in [0.29, 0.717) is 12.5 Å². The van der Waals surface area contributed by atoms with Gasteiger partial charge in [0.15, 0.2) is 0 Å². The Bertz CT molecular complexity index is 756. The minimum Gasteiger partial charge on any atom is -0.334 e. The summed E-state index contributed by atoms with van der Waals surface area (Å²) in [6.07, 6.45) is 5.43. The zero-order chi connectivity index (χ0) is 18.0. The maximum absolute atomic E-state index is 12.3. The molecular weight excluding hydrogens is 316 g/mol. The van der Waals surface area contributed by atoms with Gasteiger partial charge in [0.2, 0.25) is 0 Å². The highest BCUT2D eigenvalue weighted by molar-refractivity contribution is 5.88. The zero-order valence-corrected chi connectivity index (χ0v) is 15.6. The van der Waals surface area contributed by atoms with E-state index >= 15 is 0 Å². The highest BCUT2D eigenvalue weighted by Gasteiger charge is 2.23. The molecule has 0 radical (unpaired) electrons. The van der Waals surface area contributed by atoms with Gasteiger partial charge in [-0.15, -0.1) is 0 Å². The van der Waals surface area contributed by atoms with Crippen molar-refractivity contribution in [3.05, 3.63) is 28.7 Å². The number of hydrogen-bond donors (Lipinski definition) is 2. The molecule has 25 heavy (non-hydrogen) atoms. The van der Waals surface area contributed by atoms with E-state index in [9.17, 15) is 4.79 Å². The van der Waals surface area contributed by atoms with Crippen LogP contribution in [0.15, 0.2) is 6.07 Å². The molecule has 2 aromatic heterocycles. The van der Waals surface area contributed by atoms with Gasteiger partial charge in [-0.05, 0) is 25.7 Å². The molecule has 1 fully saturated rings. The third kappa shape index (κ3) is 3.55. The van der Waals surface area contributed by atoms with Crippen LogP contribution in [0.5, 0.6) is 0 Å². The maximum Gasteiger partial charge on any atom is 0.320 e. The fourth-order valence-corrected chi connectivity index (χ4v) is 3.43. The molecule has 1 saturated carbocycles. The number of aromatic nitrogens is 4. The Morgan fingerprint density at radius 2 is 1.96 bits per heavy atom. The summed E-state index contributed by atoms with van der Waals surface area (Å²) in [5.74, 6) is 1.29. The fourth-order valence-electron chi connectivity index (χ4n) is 3.43. The van der Waals surface area contributed by atoms with Gasteiger partial charge >= 0.3 is 6.03 Å². The van der Waals surface area contributed by atoms with Gasteiger partial charge in [-0.25, -0.2) is 4.79 Å². The van der Waals surface area contributed by atoms with Crippen LogP contribution in [-0.2, 0) is 33.5 Å². The first-order valence-corrected chi connectivity index (χ1v) is 9.15. The van der Waals surface area contributed by atoms with Gasteiger partial charge in [0, 0.05) is 43.9 Å². The molecule has 7 nitrogen and oxygen atoms in total. The van der Waals surface area contributed by atoms with Gasteiger partial charge in [0.1, 0.15) is 5.82 Å². The lowest BCUT2D eigenvalue weighted by Gasteiger charge is -2.22. The molecule has 7 heteroatoms. The Kier molecular flexibility index (Phi) is 5.11. The summed E-state index contributed by atoms with van der Waals surface area (Å²) in [6.45, 7) is 4.68. The number of carbonyl (C=O) groups is 1. The number of rotatable bonds is 6. The summed E-state index contributed by atoms with van der Waals surface area (Å²) in [7, 11) is 3.82. The van der Waals surface area contributed by atoms with E-state index in [1.807, 2.05) is 24.8 Å². The van der Waals surface area contributed by atoms with E-state index in [0.717, 1.165) is 35.6 Å². The Morgan fingerprint density at radius 3 is 2.56 bits per heavy atom.